The van der Waals surface area contributed by atoms with Crippen LogP contribution in [0, 0.1) is 0 Å². The van der Waals surface area contributed by atoms with E-state index < -0.39 is 0 Å². The predicted molar refractivity (Wildman–Crippen MR) is 60.9 cm³/mol. The molecule has 1 N–H and O–H groups in total. The maximum atomic E-state index is 11.9. The van der Waals surface area contributed by atoms with Gasteiger partial charge in [-0.2, -0.15) is 0 Å². The van der Waals surface area contributed by atoms with Crippen LogP contribution in [0.3, 0.4) is 0 Å². The number of carbonyl (C=O) groups excluding carboxylic acids is 1. The minimum atomic E-state index is 0.109. The number of phenolic OH excluding ortho intramolecular Hbond substituents is 1. The first-order valence-electron chi connectivity index (χ1n) is 5.48. The number of benzene rings is 1. The summed E-state index contributed by atoms with van der Waals surface area (Å²) in [5, 5.41) is 9.33. The molecule has 1 aliphatic heterocycles. The number of fused-ring (bicyclic) bond motifs is 1. The molecule has 2 rings (SSSR count). The maximum Gasteiger partial charge on any atom is 0.227 e. The van der Waals surface area contributed by atoms with E-state index in [1.54, 1.807) is 23.1 Å². The van der Waals surface area contributed by atoms with E-state index in [4.69, 9.17) is 4.74 Å². The van der Waals surface area contributed by atoms with Gasteiger partial charge in [-0.05, 0) is 18.6 Å². The normalized spacial score (nSPS) is 14.2. The second-order valence-corrected chi connectivity index (χ2v) is 3.80. The van der Waals surface area contributed by atoms with Crippen LogP contribution in [-0.4, -0.2) is 24.2 Å². The van der Waals surface area contributed by atoms with Gasteiger partial charge in [0, 0.05) is 12.5 Å². The molecule has 1 aromatic rings. The Morgan fingerprint density at radius 1 is 1.56 bits per heavy atom. The van der Waals surface area contributed by atoms with E-state index in [-0.39, 0.29) is 11.7 Å². The van der Waals surface area contributed by atoms with Crippen molar-refractivity contribution in [1.82, 2.24) is 0 Å². The van der Waals surface area contributed by atoms with Gasteiger partial charge in [-0.25, -0.2) is 0 Å². The van der Waals surface area contributed by atoms with Crippen LogP contribution in [0.25, 0.3) is 0 Å². The number of anilines is 1. The standard InChI is InChI=1S/C12H15NO3/c1-2-3-12(15)13-6-7-16-11-8-9(14)4-5-10(11)13/h4-5,8,14H,2-3,6-7H2,1H3. The molecule has 0 unspecified atom stereocenters. The van der Waals surface area contributed by atoms with Crippen molar-refractivity contribution < 1.29 is 14.6 Å². The maximum absolute atomic E-state index is 11.9. The van der Waals surface area contributed by atoms with Gasteiger partial charge < -0.3 is 14.7 Å². The Morgan fingerprint density at radius 2 is 2.38 bits per heavy atom. The van der Waals surface area contributed by atoms with Crippen molar-refractivity contribution in [1.29, 1.82) is 0 Å². The Hall–Kier alpha value is -1.71. The summed E-state index contributed by atoms with van der Waals surface area (Å²) in [6, 6.07) is 4.83. The second kappa shape index (κ2) is 4.43. The summed E-state index contributed by atoms with van der Waals surface area (Å²) in [5.41, 5.74) is 0.752. The highest BCUT2D eigenvalue weighted by molar-refractivity contribution is 5.95. The molecule has 0 atom stereocenters. The fourth-order valence-corrected chi connectivity index (χ4v) is 1.82. The lowest BCUT2D eigenvalue weighted by Crippen LogP contribution is -2.37. The van der Waals surface area contributed by atoms with Gasteiger partial charge in [0.15, 0.2) is 0 Å². The molecule has 1 amide bonds. The minimum Gasteiger partial charge on any atom is -0.508 e. The zero-order valence-corrected chi connectivity index (χ0v) is 9.27. The zero-order chi connectivity index (χ0) is 11.5. The van der Waals surface area contributed by atoms with Crippen molar-refractivity contribution in [3.63, 3.8) is 0 Å². The average Bonchev–Trinajstić information content (AvgIpc) is 2.28. The largest absolute Gasteiger partial charge is 0.508 e. The highest BCUT2D eigenvalue weighted by atomic mass is 16.5. The Bertz CT molecular complexity index is 403. The van der Waals surface area contributed by atoms with E-state index >= 15 is 0 Å². The molecule has 0 spiro atoms. The molecule has 1 aromatic carbocycles. The third-order valence-corrected chi connectivity index (χ3v) is 2.57. The molecule has 0 aliphatic carbocycles. The summed E-state index contributed by atoms with van der Waals surface area (Å²) >= 11 is 0. The van der Waals surface area contributed by atoms with Crippen LogP contribution in [0.5, 0.6) is 11.5 Å². The lowest BCUT2D eigenvalue weighted by Gasteiger charge is -2.29. The topological polar surface area (TPSA) is 49.8 Å². The first kappa shape index (κ1) is 10.8. The van der Waals surface area contributed by atoms with Crippen LogP contribution in [0.2, 0.25) is 0 Å². The fourth-order valence-electron chi connectivity index (χ4n) is 1.82. The summed E-state index contributed by atoms with van der Waals surface area (Å²) < 4.78 is 5.41. The van der Waals surface area contributed by atoms with Crippen molar-refractivity contribution in [2.24, 2.45) is 0 Å². The number of hydrogen-bond donors (Lipinski definition) is 1. The van der Waals surface area contributed by atoms with Crippen LogP contribution in [0.15, 0.2) is 18.2 Å². The number of phenols is 1. The van der Waals surface area contributed by atoms with Crippen LogP contribution >= 0.6 is 0 Å². The molecular weight excluding hydrogens is 206 g/mol. The second-order valence-electron chi connectivity index (χ2n) is 3.80. The Labute approximate surface area is 94.4 Å². The van der Waals surface area contributed by atoms with Gasteiger partial charge in [0.25, 0.3) is 0 Å². The summed E-state index contributed by atoms with van der Waals surface area (Å²) in [7, 11) is 0. The Balaban J connectivity index is 2.29. The number of carbonyl (C=O) groups is 1. The van der Waals surface area contributed by atoms with E-state index in [1.807, 2.05) is 6.92 Å². The molecule has 1 aliphatic rings. The third kappa shape index (κ3) is 1.96. The first-order valence-corrected chi connectivity index (χ1v) is 5.48. The highest BCUT2D eigenvalue weighted by Gasteiger charge is 2.22. The quantitative estimate of drug-likeness (QED) is 0.830. The van der Waals surface area contributed by atoms with E-state index in [0.29, 0.717) is 25.3 Å². The van der Waals surface area contributed by atoms with E-state index in [1.165, 1.54) is 0 Å². The molecule has 4 heteroatoms. The van der Waals surface area contributed by atoms with Crippen LogP contribution in [0.4, 0.5) is 5.69 Å². The van der Waals surface area contributed by atoms with E-state index in [2.05, 4.69) is 0 Å². The minimum absolute atomic E-state index is 0.109. The lowest BCUT2D eigenvalue weighted by molar-refractivity contribution is -0.118. The highest BCUT2D eigenvalue weighted by Crippen LogP contribution is 2.34. The van der Waals surface area contributed by atoms with Crippen LogP contribution < -0.4 is 9.64 Å². The molecule has 0 aromatic heterocycles. The van der Waals surface area contributed by atoms with Crippen LogP contribution in [0.1, 0.15) is 19.8 Å². The summed E-state index contributed by atoms with van der Waals surface area (Å²) in [6.45, 7) is 3.04. The SMILES string of the molecule is CCCC(=O)N1CCOc2cc(O)ccc21. The fraction of sp³-hybridized carbons (Fsp3) is 0.417. The summed E-state index contributed by atoms with van der Waals surface area (Å²) in [4.78, 5) is 13.6. The monoisotopic (exact) mass is 221 g/mol. The van der Waals surface area contributed by atoms with Crippen molar-refractivity contribution in [3.05, 3.63) is 18.2 Å². The molecule has 16 heavy (non-hydrogen) atoms. The van der Waals surface area contributed by atoms with Gasteiger partial charge in [-0.15, -0.1) is 0 Å². The number of rotatable bonds is 2. The summed E-state index contributed by atoms with van der Waals surface area (Å²) in [5.74, 6) is 0.844. The van der Waals surface area contributed by atoms with Gasteiger partial charge in [0.2, 0.25) is 5.91 Å². The van der Waals surface area contributed by atoms with Gasteiger partial charge in [-0.1, -0.05) is 6.92 Å². The lowest BCUT2D eigenvalue weighted by atomic mass is 10.2. The Morgan fingerprint density at radius 3 is 3.12 bits per heavy atom. The molecule has 0 fully saturated rings. The molecular formula is C12H15NO3. The van der Waals surface area contributed by atoms with Gasteiger partial charge in [-0.3, -0.25) is 4.79 Å². The summed E-state index contributed by atoms with van der Waals surface area (Å²) in [6.07, 6.45) is 1.38. The average molecular weight is 221 g/mol. The molecule has 1 heterocycles. The van der Waals surface area contributed by atoms with Crippen molar-refractivity contribution in [2.75, 3.05) is 18.1 Å². The third-order valence-electron chi connectivity index (χ3n) is 2.57. The van der Waals surface area contributed by atoms with E-state index in [0.717, 1.165) is 12.1 Å². The van der Waals surface area contributed by atoms with Crippen molar-refractivity contribution in [2.45, 2.75) is 19.8 Å². The van der Waals surface area contributed by atoms with E-state index in [9.17, 15) is 9.90 Å². The number of hydrogen-bond acceptors (Lipinski definition) is 3. The predicted octanol–water partition coefficient (Wildman–Crippen LogP) is 1.92. The molecule has 0 saturated heterocycles. The molecule has 0 bridgehead atoms. The number of ether oxygens (including phenoxy) is 1. The Kier molecular flexibility index (Phi) is 2.99. The van der Waals surface area contributed by atoms with Crippen molar-refractivity contribution in [3.8, 4) is 11.5 Å². The van der Waals surface area contributed by atoms with Gasteiger partial charge in [0.05, 0.1) is 12.2 Å². The van der Waals surface area contributed by atoms with Crippen LogP contribution in [-0.2, 0) is 4.79 Å². The van der Waals surface area contributed by atoms with Gasteiger partial charge in [0.1, 0.15) is 18.1 Å². The molecule has 4 nitrogen and oxygen atoms in total. The number of aromatic hydroxyl groups is 1. The molecule has 0 radical (unpaired) electrons. The molecule has 0 saturated carbocycles. The molecule has 86 valence electrons. The zero-order valence-electron chi connectivity index (χ0n) is 9.27. The number of amides is 1. The van der Waals surface area contributed by atoms with Crippen molar-refractivity contribution >= 4 is 11.6 Å². The first-order chi connectivity index (χ1) is 7.72. The number of nitrogens with zero attached hydrogens (tertiary/aromatic N) is 1. The smallest absolute Gasteiger partial charge is 0.227 e. The van der Waals surface area contributed by atoms with Gasteiger partial charge >= 0.3 is 0 Å².